The van der Waals surface area contributed by atoms with Crippen LogP contribution in [-0.2, 0) is 16.1 Å². The van der Waals surface area contributed by atoms with Gasteiger partial charge in [-0.05, 0) is 25.5 Å². The fraction of sp³-hybridized carbons (Fsp3) is 0.467. The highest BCUT2D eigenvalue weighted by Gasteiger charge is 2.29. The Hall–Kier alpha value is -1.88. The van der Waals surface area contributed by atoms with E-state index in [1.54, 1.807) is 0 Å². The summed E-state index contributed by atoms with van der Waals surface area (Å²) in [5.74, 6) is -0.241. The average Bonchev–Trinajstić information content (AvgIpc) is 2.90. The Balaban J connectivity index is 1.68. The molecule has 2 rings (SSSR count). The van der Waals surface area contributed by atoms with Gasteiger partial charge in [0.05, 0.1) is 12.5 Å². The van der Waals surface area contributed by atoms with Crippen molar-refractivity contribution in [3.63, 3.8) is 0 Å². The van der Waals surface area contributed by atoms with Crippen molar-refractivity contribution in [2.24, 2.45) is 5.92 Å². The van der Waals surface area contributed by atoms with E-state index in [0.29, 0.717) is 6.54 Å². The molecular formula is C15H21N3O2. The van der Waals surface area contributed by atoms with Crippen LogP contribution in [0.4, 0.5) is 0 Å². The first-order chi connectivity index (χ1) is 9.66. The van der Waals surface area contributed by atoms with Gasteiger partial charge in [-0.15, -0.1) is 0 Å². The van der Waals surface area contributed by atoms with Gasteiger partial charge in [-0.1, -0.05) is 30.3 Å². The van der Waals surface area contributed by atoms with Crippen LogP contribution >= 0.6 is 0 Å². The van der Waals surface area contributed by atoms with Gasteiger partial charge in [0, 0.05) is 12.6 Å². The molecule has 5 heteroatoms. The maximum atomic E-state index is 11.9. The second-order valence-corrected chi connectivity index (χ2v) is 5.12. The fourth-order valence-corrected chi connectivity index (χ4v) is 2.37. The van der Waals surface area contributed by atoms with Crippen molar-refractivity contribution < 1.29 is 9.59 Å². The number of carbonyl (C=O) groups is 2. The molecule has 2 amide bonds. The first kappa shape index (κ1) is 14.5. The molecule has 3 N–H and O–H groups in total. The fourth-order valence-electron chi connectivity index (χ4n) is 2.37. The second kappa shape index (κ2) is 7.05. The van der Waals surface area contributed by atoms with E-state index >= 15 is 0 Å². The summed E-state index contributed by atoms with van der Waals surface area (Å²) in [4.78, 5) is 23.6. The summed E-state index contributed by atoms with van der Waals surface area (Å²) < 4.78 is 0. The molecule has 1 aromatic rings. The largest absolute Gasteiger partial charge is 0.350 e. The number of benzene rings is 1. The van der Waals surface area contributed by atoms with E-state index in [1.165, 1.54) is 0 Å². The van der Waals surface area contributed by atoms with Gasteiger partial charge in [-0.25, -0.2) is 0 Å². The van der Waals surface area contributed by atoms with E-state index in [2.05, 4.69) is 16.0 Å². The third kappa shape index (κ3) is 4.06. The number of carbonyl (C=O) groups excluding carboxylic acids is 2. The van der Waals surface area contributed by atoms with E-state index in [9.17, 15) is 9.59 Å². The molecule has 1 fully saturated rings. The zero-order valence-corrected chi connectivity index (χ0v) is 11.7. The average molecular weight is 275 g/mol. The van der Waals surface area contributed by atoms with Crippen molar-refractivity contribution in [2.45, 2.75) is 25.9 Å². The molecule has 1 saturated heterocycles. The van der Waals surface area contributed by atoms with Gasteiger partial charge in [0.25, 0.3) is 0 Å². The quantitative estimate of drug-likeness (QED) is 0.729. The van der Waals surface area contributed by atoms with Crippen LogP contribution < -0.4 is 16.0 Å². The number of nitrogens with one attached hydrogen (secondary N) is 3. The summed E-state index contributed by atoms with van der Waals surface area (Å²) in [6.07, 6.45) is 0.832. The maximum Gasteiger partial charge on any atom is 0.239 e. The molecule has 0 aliphatic carbocycles. The van der Waals surface area contributed by atoms with Gasteiger partial charge in [0.15, 0.2) is 0 Å². The summed E-state index contributed by atoms with van der Waals surface area (Å²) in [5, 5.41) is 8.71. The van der Waals surface area contributed by atoms with E-state index in [4.69, 9.17) is 0 Å². The highest BCUT2D eigenvalue weighted by atomic mass is 16.2. The monoisotopic (exact) mass is 275 g/mol. The molecule has 0 saturated carbocycles. The Morgan fingerprint density at radius 1 is 1.25 bits per heavy atom. The van der Waals surface area contributed by atoms with Crippen LogP contribution in [0, 0.1) is 5.92 Å². The minimum Gasteiger partial charge on any atom is -0.350 e. The highest BCUT2D eigenvalue weighted by molar-refractivity contribution is 5.86. The van der Waals surface area contributed by atoms with E-state index in [0.717, 1.165) is 18.5 Å². The van der Waals surface area contributed by atoms with E-state index in [-0.39, 0.29) is 30.3 Å². The van der Waals surface area contributed by atoms with Gasteiger partial charge in [-0.2, -0.15) is 0 Å². The predicted molar refractivity (Wildman–Crippen MR) is 76.9 cm³/mol. The van der Waals surface area contributed by atoms with Crippen molar-refractivity contribution in [1.82, 2.24) is 16.0 Å². The van der Waals surface area contributed by atoms with Crippen LogP contribution in [-0.4, -0.2) is 30.9 Å². The third-order valence-electron chi connectivity index (χ3n) is 3.62. The first-order valence-electron chi connectivity index (χ1n) is 6.98. The topological polar surface area (TPSA) is 70.2 Å². The van der Waals surface area contributed by atoms with Gasteiger partial charge in [0.1, 0.15) is 0 Å². The molecule has 1 aliphatic heterocycles. The van der Waals surface area contributed by atoms with E-state index in [1.807, 2.05) is 37.3 Å². The van der Waals surface area contributed by atoms with Crippen molar-refractivity contribution in [1.29, 1.82) is 0 Å². The Kier molecular flexibility index (Phi) is 5.12. The SMILES string of the molecule is CC1NCCC1C(=O)NCC(=O)NCc1ccccc1. The van der Waals surface area contributed by atoms with Crippen molar-refractivity contribution in [3.8, 4) is 0 Å². The van der Waals surface area contributed by atoms with E-state index < -0.39 is 0 Å². The van der Waals surface area contributed by atoms with Crippen molar-refractivity contribution >= 4 is 11.8 Å². The zero-order chi connectivity index (χ0) is 14.4. The summed E-state index contributed by atoms with van der Waals surface area (Å²) in [6.45, 7) is 3.37. The van der Waals surface area contributed by atoms with Crippen LogP contribution in [0.5, 0.6) is 0 Å². The molecule has 108 valence electrons. The van der Waals surface area contributed by atoms with Crippen LogP contribution in [0.25, 0.3) is 0 Å². The predicted octanol–water partition coefficient (Wildman–Crippen LogP) is 0.417. The Bertz CT molecular complexity index is 461. The minimum absolute atomic E-state index is 0.0306. The van der Waals surface area contributed by atoms with Crippen LogP contribution in [0.15, 0.2) is 30.3 Å². The lowest BCUT2D eigenvalue weighted by Gasteiger charge is -2.14. The van der Waals surface area contributed by atoms with Gasteiger partial charge in [0.2, 0.25) is 11.8 Å². The van der Waals surface area contributed by atoms with Crippen molar-refractivity contribution in [2.75, 3.05) is 13.1 Å². The summed E-state index contributed by atoms with van der Waals surface area (Å²) in [6, 6.07) is 9.87. The molecule has 1 aromatic carbocycles. The van der Waals surface area contributed by atoms with Gasteiger partial charge < -0.3 is 16.0 Å². The molecule has 0 radical (unpaired) electrons. The highest BCUT2D eigenvalue weighted by Crippen LogP contribution is 2.14. The molecule has 2 atom stereocenters. The van der Waals surface area contributed by atoms with Gasteiger partial charge in [-0.3, -0.25) is 9.59 Å². The molecule has 5 nitrogen and oxygen atoms in total. The molecule has 20 heavy (non-hydrogen) atoms. The zero-order valence-electron chi connectivity index (χ0n) is 11.7. The van der Waals surface area contributed by atoms with Crippen LogP contribution in [0.1, 0.15) is 18.9 Å². The minimum atomic E-state index is -0.166. The summed E-state index contributed by atoms with van der Waals surface area (Å²) in [7, 11) is 0. The lowest BCUT2D eigenvalue weighted by Crippen LogP contribution is -2.41. The molecular weight excluding hydrogens is 254 g/mol. The number of hydrogen-bond acceptors (Lipinski definition) is 3. The Morgan fingerprint density at radius 2 is 2.00 bits per heavy atom. The Labute approximate surface area is 119 Å². The molecule has 1 heterocycles. The smallest absolute Gasteiger partial charge is 0.239 e. The molecule has 0 aromatic heterocycles. The maximum absolute atomic E-state index is 11.9. The Morgan fingerprint density at radius 3 is 2.65 bits per heavy atom. The first-order valence-corrected chi connectivity index (χ1v) is 6.98. The summed E-state index contributed by atoms with van der Waals surface area (Å²) >= 11 is 0. The number of hydrogen-bond donors (Lipinski definition) is 3. The molecule has 1 aliphatic rings. The molecule has 2 unspecified atom stereocenters. The molecule has 0 bridgehead atoms. The van der Waals surface area contributed by atoms with Gasteiger partial charge >= 0.3 is 0 Å². The van der Waals surface area contributed by atoms with Crippen molar-refractivity contribution in [3.05, 3.63) is 35.9 Å². The lowest BCUT2D eigenvalue weighted by atomic mass is 10.0. The normalized spacial score (nSPS) is 21.4. The summed E-state index contributed by atoms with van der Waals surface area (Å²) in [5.41, 5.74) is 1.04. The second-order valence-electron chi connectivity index (χ2n) is 5.12. The number of amides is 2. The lowest BCUT2D eigenvalue weighted by molar-refractivity contribution is -0.128. The van der Waals surface area contributed by atoms with Crippen LogP contribution in [0.2, 0.25) is 0 Å². The standard InChI is InChI=1S/C15H21N3O2/c1-11-13(7-8-16-11)15(20)18-10-14(19)17-9-12-5-3-2-4-6-12/h2-6,11,13,16H,7-10H2,1H3,(H,17,19)(H,18,20). The number of rotatable bonds is 5. The third-order valence-corrected chi connectivity index (χ3v) is 3.62. The van der Waals surface area contributed by atoms with Crippen LogP contribution in [0.3, 0.4) is 0 Å². The molecule has 0 spiro atoms.